The number of halogens is 5. The van der Waals surface area contributed by atoms with Gasteiger partial charge in [0.2, 0.25) is 5.78 Å². The topological polar surface area (TPSA) is 90.4 Å². The van der Waals surface area contributed by atoms with E-state index in [0.29, 0.717) is 11.3 Å². The van der Waals surface area contributed by atoms with Crippen molar-refractivity contribution in [2.45, 2.75) is 18.6 Å². The zero-order chi connectivity index (χ0) is 23.1. The molecule has 168 valence electrons. The van der Waals surface area contributed by atoms with Gasteiger partial charge in [-0.2, -0.15) is 22.0 Å². The summed E-state index contributed by atoms with van der Waals surface area (Å²) in [6, 6.07) is 7.60. The van der Waals surface area contributed by atoms with E-state index in [0.717, 1.165) is 10.7 Å². The maximum atomic E-state index is 13.7. The van der Waals surface area contributed by atoms with E-state index in [4.69, 9.17) is 9.84 Å². The number of hydrogen-bond acceptors (Lipinski definition) is 6. The molecule has 1 N–H and O–H groups in total. The second-order valence-corrected chi connectivity index (χ2v) is 6.77. The van der Waals surface area contributed by atoms with Gasteiger partial charge in [0.05, 0.1) is 13.7 Å². The van der Waals surface area contributed by atoms with Crippen LogP contribution in [0.15, 0.2) is 42.7 Å². The third kappa shape index (κ3) is 4.10. The molecule has 13 heteroatoms. The number of aliphatic hydroxyl groups is 1. The normalized spacial score (nSPS) is 12.5. The fraction of sp³-hybridized carbons (Fsp3) is 0.263. The quantitative estimate of drug-likeness (QED) is 0.451. The van der Waals surface area contributed by atoms with E-state index >= 15 is 0 Å². The molecule has 32 heavy (non-hydrogen) atoms. The molecule has 4 rings (SSSR count). The monoisotopic (exact) mass is 454 g/mol. The SMILES string of the molecule is COc1ccc(Cn2nc(C(F)(F)F)nc2-c2cn3ccc(C(F)(F)CO)nc3n2)cc1. The Bertz CT molecular complexity index is 1250. The van der Waals surface area contributed by atoms with Gasteiger partial charge in [-0.3, -0.25) is 4.40 Å². The lowest BCUT2D eigenvalue weighted by molar-refractivity contribution is -0.144. The molecule has 3 heterocycles. The van der Waals surface area contributed by atoms with Crippen LogP contribution in [0, 0.1) is 0 Å². The van der Waals surface area contributed by atoms with Crippen LogP contribution in [0.1, 0.15) is 17.1 Å². The minimum absolute atomic E-state index is 0.0431. The highest BCUT2D eigenvalue weighted by molar-refractivity contribution is 5.54. The number of alkyl halides is 5. The lowest BCUT2D eigenvalue weighted by Gasteiger charge is -2.11. The van der Waals surface area contributed by atoms with E-state index in [9.17, 15) is 22.0 Å². The molecule has 1 aromatic carbocycles. The molecule has 0 radical (unpaired) electrons. The fourth-order valence-electron chi connectivity index (χ4n) is 2.93. The van der Waals surface area contributed by atoms with Crippen molar-refractivity contribution in [3.05, 3.63) is 59.8 Å². The number of imidazole rings is 1. The molecule has 0 saturated carbocycles. The van der Waals surface area contributed by atoms with Gasteiger partial charge >= 0.3 is 12.1 Å². The number of fused-ring (bicyclic) bond motifs is 1. The average molecular weight is 454 g/mol. The first-order chi connectivity index (χ1) is 15.1. The molecule has 0 spiro atoms. The van der Waals surface area contributed by atoms with Gasteiger partial charge < -0.3 is 9.84 Å². The van der Waals surface area contributed by atoms with Crippen LogP contribution < -0.4 is 4.74 Å². The molecule has 8 nitrogen and oxygen atoms in total. The Hall–Kier alpha value is -3.61. The summed E-state index contributed by atoms with van der Waals surface area (Å²) in [4.78, 5) is 11.3. The molecule has 0 fully saturated rings. The number of rotatable bonds is 6. The molecule has 0 unspecified atom stereocenters. The Labute approximate surface area is 176 Å². The minimum atomic E-state index is -4.80. The van der Waals surface area contributed by atoms with Gasteiger partial charge in [0.1, 0.15) is 23.7 Å². The lowest BCUT2D eigenvalue weighted by atomic mass is 10.2. The minimum Gasteiger partial charge on any atom is -0.497 e. The van der Waals surface area contributed by atoms with Crippen molar-refractivity contribution in [3.8, 4) is 17.3 Å². The van der Waals surface area contributed by atoms with Crippen LogP contribution in [-0.4, -0.2) is 48.0 Å². The van der Waals surface area contributed by atoms with Crippen molar-refractivity contribution in [1.82, 2.24) is 29.1 Å². The Balaban J connectivity index is 1.77. The number of aliphatic hydroxyl groups excluding tert-OH is 1. The lowest BCUT2D eigenvalue weighted by Crippen LogP contribution is -2.20. The molecule has 0 aliphatic rings. The van der Waals surface area contributed by atoms with Crippen molar-refractivity contribution in [2.24, 2.45) is 0 Å². The summed E-state index contributed by atoms with van der Waals surface area (Å²) in [5.41, 5.74) is -0.142. The zero-order valence-electron chi connectivity index (χ0n) is 16.4. The standard InChI is InChI=1S/C19H15F5N6O2/c1-32-12-4-2-11(3-5-12)8-30-15(27-16(28-30)19(22,23)24)13-9-29-7-6-14(18(20,21)10-31)26-17(29)25-13/h2-7,9,31H,8,10H2,1H3. The summed E-state index contributed by atoms with van der Waals surface area (Å²) in [6.07, 6.45) is -2.28. The summed E-state index contributed by atoms with van der Waals surface area (Å²) in [6.45, 7) is -1.51. The van der Waals surface area contributed by atoms with Crippen LogP contribution in [0.25, 0.3) is 17.3 Å². The maximum absolute atomic E-state index is 13.7. The summed E-state index contributed by atoms with van der Waals surface area (Å²) in [5.74, 6) is -4.79. The molecule has 3 aromatic heterocycles. The van der Waals surface area contributed by atoms with Crippen molar-refractivity contribution in [1.29, 1.82) is 0 Å². The molecule has 0 aliphatic carbocycles. The Morgan fingerprint density at radius 2 is 1.72 bits per heavy atom. The highest BCUT2D eigenvalue weighted by Crippen LogP contribution is 2.30. The van der Waals surface area contributed by atoms with E-state index in [1.54, 1.807) is 24.3 Å². The molecule has 0 aliphatic heterocycles. The first-order valence-electron chi connectivity index (χ1n) is 9.11. The van der Waals surface area contributed by atoms with E-state index in [1.807, 2.05) is 0 Å². The maximum Gasteiger partial charge on any atom is 0.453 e. The Kier molecular flexibility index (Phi) is 5.28. The number of benzene rings is 1. The Morgan fingerprint density at radius 3 is 2.34 bits per heavy atom. The zero-order valence-corrected chi connectivity index (χ0v) is 16.4. The van der Waals surface area contributed by atoms with Crippen LogP contribution in [-0.2, 0) is 18.6 Å². The van der Waals surface area contributed by atoms with Gasteiger partial charge in [-0.25, -0.2) is 19.6 Å². The molecule has 0 amide bonds. The van der Waals surface area contributed by atoms with Gasteiger partial charge in [-0.05, 0) is 23.8 Å². The van der Waals surface area contributed by atoms with Gasteiger partial charge in [0.25, 0.3) is 5.82 Å². The second-order valence-electron chi connectivity index (χ2n) is 6.77. The number of aromatic nitrogens is 6. The van der Waals surface area contributed by atoms with Gasteiger partial charge in [-0.1, -0.05) is 12.1 Å². The van der Waals surface area contributed by atoms with E-state index in [1.165, 1.54) is 23.9 Å². The van der Waals surface area contributed by atoms with Gasteiger partial charge in [-0.15, -0.1) is 5.10 Å². The highest BCUT2D eigenvalue weighted by Gasteiger charge is 2.38. The summed E-state index contributed by atoms with van der Waals surface area (Å²) in [7, 11) is 1.49. The summed E-state index contributed by atoms with van der Waals surface area (Å²) >= 11 is 0. The van der Waals surface area contributed by atoms with Crippen LogP contribution in [0.4, 0.5) is 22.0 Å². The van der Waals surface area contributed by atoms with E-state index in [-0.39, 0.29) is 23.8 Å². The third-order valence-corrected chi connectivity index (χ3v) is 4.55. The largest absolute Gasteiger partial charge is 0.497 e. The molecular formula is C19H15F5N6O2. The highest BCUT2D eigenvalue weighted by atomic mass is 19.4. The number of hydrogen-bond donors (Lipinski definition) is 1. The second kappa shape index (κ2) is 7.82. The van der Waals surface area contributed by atoms with Crippen LogP contribution in [0.3, 0.4) is 0 Å². The summed E-state index contributed by atoms with van der Waals surface area (Å²) < 4.78 is 74.6. The van der Waals surface area contributed by atoms with Gasteiger partial charge in [0.15, 0.2) is 5.82 Å². The van der Waals surface area contributed by atoms with Crippen molar-refractivity contribution in [3.63, 3.8) is 0 Å². The van der Waals surface area contributed by atoms with Crippen LogP contribution >= 0.6 is 0 Å². The number of ether oxygens (including phenoxy) is 1. The first-order valence-corrected chi connectivity index (χ1v) is 9.11. The van der Waals surface area contributed by atoms with Crippen molar-refractivity contribution >= 4 is 5.78 Å². The van der Waals surface area contributed by atoms with Crippen molar-refractivity contribution < 1.29 is 31.8 Å². The molecule has 4 aromatic rings. The molecule has 0 bridgehead atoms. The average Bonchev–Trinajstić information content (AvgIpc) is 3.37. The van der Waals surface area contributed by atoms with Gasteiger partial charge in [0, 0.05) is 12.4 Å². The first kappa shape index (κ1) is 21.6. The predicted molar refractivity (Wildman–Crippen MR) is 100 cm³/mol. The van der Waals surface area contributed by atoms with Crippen molar-refractivity contribution in [2.75, 3.05) is 13.7 Å². The summed E-state index contributed by atoms with van der Waals surface area (Å²) in [5, 5.41) is 12.4. The van der Waals surface area contributed by atoms with E-state index < -0.39 is 30.2 Å². The number of nitrogens with zero attached hydrogens (tertiary/aromatic N) is 6. The Morgan fingerprint density at radius 1 is 1.00 bits per heavy atom. The smallest absolute Gasteiger partial charge is 0.453 e. The number of methoxy groups -OCH3 is 1. The van der Waals surface area contributed by atoms with Crippen LogP contribution in [0.2, 0.25) is 0 Å². The van der Waals surface area contributed by atoms with E-state index in [2.05, 4.69) is 20.1 Å². The predicted octanol–water partition coefficient (Wildman–Crippen LogP) is 3.15. The fourth-order valence-corrected chi connectivity index (χ4v) is 2.93. The molecule has 0 atom stereocenters. The third-order valence-electron chi connectivity index (χ3n) is 4.55. The molecular weight excluding hydrogens is 439 g/mol. The molecule has 0 saturated heterocycles. The van der Waals surface area contributed by atoms with Crippen LogP contribution in [0.5, 0.6) is 5.75 Å².